The molecule has 0 heterocycles. The third kappa shape index (κ3) is 6.95. The molecule has 0 bridgehead atoms. The number of carbonyl (C=O) groups excluding carboxylic acids is 1. The van der Waals surface area contributed by atoms with Gasteiger partial charge in [0.25, 0.3) is 0 Å². The second-order valence-electron chi connectivity index (χ2n) is 5.53. The van der Waals surface area contributed by atoms with Gasteiger partial charge in [-0.1, -0.05) is 42.5 Å². The van der Waals surface area contributed by atoms with Crippen LogP contribution in [0, 0.1) is 0 Å². The second-order valence-corrected chi connectivity index (χ2v) is 5.53. The molecule has 2 N–H and O–H groups in total. The quantitative estimate of drug-likeness (QED) is 0.870. The first-order valence-corrected chi connectivity index (χ1v) is 6.74. The van der Waals surface area contributed by atoms with Gasteiger partial charge in [-0.05, 0) is 32.8 Å². The second kappa shape index (κ2) is 7.70. The molecule has 0 saturated carbocycles. The molecule has 1 atom stereocenters. The normalized spacial score (nSPS) is 13.2. The molecule has 4 heteroatoms. The van der Waals surface area contributed by atoms with Crippen LogP contribution in [0.15, 0.2) is 36.4 Å². The molecule has 0 radical (unpaired) electrons. The van der Waals surface area contributed by atoms with Crippen molar-refractivity contribution < 1.29 is 14.6 Å². The average molecular weight is 277 g/mol. The van der Waals surface area contributed by atoms with E-state index in [1.165, 1.54) is 0 Å². The van der Waals surface area contributed by atoms with Crippen molar-refractivity contribution in [3.63, 3.8) is 0 Å². The number of benzene rings is 1. The van der Waals surface area contributed by atoms with Crippen molar-refractivity contribution in [1.29, 1.82) is 0 Å². The van der Waals surface area contributed by atoms with Crippen LogP contribution >= 0.6 is 0 Å². The van der Waals surface area contributed by atoms with Crippen molar-refractivity contribution in [2.45, 2.75) is 38.8 Å². The third-order valence-corrected chi connectivity index (χ3v) is 2.46. The van der Waals surface area contributed by atoms with E-state index in [-0.39, 0.29) is 12.6 Å². The van der Waals surface area contributed by atoms with Gasteiger partial charge < -0.3 is 15.2 Å². The molecule has 1 aromatic carbocycles. The number of aliphatic hydroxyl groups excluding tert-OH is 1. The highest BCUT2D eigenvalue weighted by Gasteiger charge is 2.18. The van der Waals surface area contributed by atoms with Gasteiger partial charge in [-0.2, -0.15) is 0 Å². The van der Waals surface area contributed by atoms with Crippen LogP contribution < -0.4 is 5.32 Å². The van der Waals surface area contributed by atoms with Crippen LogP contribution in [0.3, 0.4) is 0 Å². The Kier molecular flexibility index (Phi) is 6.25. The van der Waals surface area contributed by atoms with Gasteiger partial charge in [0, 0.05) is 6.61 Å². The summed E-state index contributed by atoms with van der Waals surface area (Å²) in [6, 6.07) is 9.53. The highest BCUT2D eigenvalue weighted by molar-refractivity contribution is 5.68. The van der Waals surface area contributed by atoms with E-state index >= 15 is 0 Å². The number of carbonyl (C=O) groups is 1. The Morgan fingerprint density at radius 3 is 2.55 bits per heavy atom. The summed E-state index contributed by atoms with van der Waals surface area (Å²) >= 11 is 0. The minimum atomic E-state index is -0.531. The first-order chi connectivity index (χ1) is 9.40. The first kappa shape index (κ1) is 16.2. The van der Waals surface area contributed by atoms with Crippen molar-refractivity contribution in [1.82, 2.24) is 5.32 Å². The Labute approximate surface area is 120 Å². The number of nitrogens with one attached hydrogen (secondary N) is 1. The molecule has 110 valence electrons. The zero-order chi connectivity index (χ0) is 15.0. The van der Waals surface area contributed by atoms with Crippen LogP contribution in [0.25, 0.3) is 6.08 Å². The SMILES string of the molecule is CC(C)(C)OC(=O)NC(/C=C/c1ccccc1)CCO. The van der Waals surface area contributed by atoms with E-state index < -0.39 is 11.7 Å². The Bertz CT molecular complexity index is 435. The van der Waals surface area contributed by atoms with E-state index in [4.69, 9.17) is 9.84 Å². The van der Waals surface area contributed by atoms with Crippen LogP contribution in [-0.2, 0) is 4.74 Å². The first-order valence-electron chi connectivity index (χ1n) is 6.74. The summed E-state index contributed by atoms with van der Waals surface area (Å²) < 4.78 is 5.20. The van der Waals surface area contributed by atoms with E-state index in [1.807, 2.05) is 63.3 Å². The number of amides is 1. The molecule has 0 fully saturated rings. The molecule has 20 heavy (non-hydrogen) atoms. The van der Waals surface area contributed by atoms with E-state index in [0.717, 1.165) is 5.56 Å². The lowest BCUT2D eigenvalue weighted by Gasteiger charge is -2.22. The van der Waals surface area contributed by atoms with Crippen LogP contribution in [0.5, 0.6) is 0 Å². The van der Waals surface area contributed by atoms with Crippen molar-refractivity contribution in [2.24, 2.45) is 0 Å². The summed E-state index contributed by atoms with van der Waals surface area (Å²) in [4.78, 5) is 11.7. The summed E-state index contributed by atoms with van der Waals surface area (Å²) in [7, 11) is 0. The number of hydrogen-bond acceptors (Lipinski definition) is 3. The number of rotatable bonds is 5. The molecule has 1 rings (SSSR count). The van der Waals surface area contributed by atoms with E-state index in [0.29, 0.717) is 6.42 Å². The Morgan fingerprint density at radius 2 is 2.00 bits per heavy atom. The largest absolute Gasteiger partial charge is 0.444 e. The molecule has 4 nitrogen and oxygen atoms in total. The Balaban J connectivity index is 2.60. The van der Waals surface area contributed by atoms with Crippen molar-refractivity contribution in [3.8, 4) is 0 Å². The monoisotopic (exact) mass is 277 g/mol. The van der Waals surface area contributed by atoms with Crippen LogP contribution in [-0.4, -0.2) is 29.4 Å². The molecule has 0 aromatic heterocycles. The van der Waals surface area contributed by atoms with E-state index in [2.05, 4.69) is 5.32 Å². The predicted octanol–water partition coefficient (Wildman–Crippen LogP) is 2.98. The predicted molar refractivity (Wildman–Crippen MR) is 80.3 cm³/mol. The molecule has 0 spiro atoms. The van der Waals surface area contributed by atoms with Gasteiger partial charge in [0.15, 0.2) is 0 Å². The highest BCUT2D eigenvalue weighted by Crippen LogP contribution is 2.08. The minimum Gasteiger partial charge on any atom is -0.444 e. The molecule has 0 aliphatic carbocycles. The van der Waals surface area contributed by atoms with Crippen LogP contribution in [0.1, 0.15) is 32.8 Å². The maximum atomic E-state index is 11.7. The van der Waals surface area contributed by atoms with Gasteiger partial charge in [-0.25, -0.2) is 4.79 Å². The Hall–Kier alpha value is -1.81. The van der Waals surface area contributed by atoms with Gasteiger partial charge in [0.05, 0.1) is 6.04 Å². The fourth-order valence-corrected chi connectivity index (χ4v) is 1.61. The van der Waals surface area contributed by atoms with Crippen molar-refractivity contribution in [2.75, 3.05) is 6.61 Å². The van der Waals surface area contributed by atoms with Crippen LogP contribution in [0.2, 0.25) is 0 Å². The average Bonchev–Trinajstić information content (AvgIpc) is 2.35. The summed E-state index contributed by atoms with van der Waals surface area (Å²) in [6.07, 6.45) is 3.74. The molecule has 1 amide bonds. The van der Waals surface area contributed by atoms with E-state index in [9.17, 15) is 4.79 Å². The summed E-state index contributed by atoms with van der Waals surface area (Å²) in [5, 5.41) is 11.8. The maximum absolute atomic E-state index is 11.7. The summed E-state index contributed by atoms with van der Waals surface area (Å²) in [5.74, 6) is 0. The van der Waals surface area contributed by atoms with Crippen LogP contribution in [0.4, 0.5) is 4.79 Å². The minimum absolute atomic E-state index is 0.000403. The van der Waals surface area contributed by atoms with E-state index in [1.54, 1.807) is 0 Å². The topological polar surface area (TPSA) is 58.6 Å². The summed E-state index contributed by atoms with van der Waals surface area (Å²) in [5.41, 5.74) is 0.512. The van der Waals surface area contributed by atoms with Gasteiger partial charge >= 0.3 is 6.09 Å². The zero-order valence-corrected chi connectivity index (χ0v) is 12.3. The maximum Gasteiger partial charge on any atom is 0.408 e. The van der Waals surface area contributed by atoms with Crippen molar-refractivity contribution >= 4 is 12.2 Å². The van der Waals surface area contributed by atoms with Gasteiger partial charge in [0.2, 0.25) is 0 Å². The Morgan fingerprint density at radius 1 is 1.35 bits per heavy atom. The lowest BCUT2D eigenvalue weighted by atomic mass is 10.1. The number of alkyl carbamates (subject to hydrolysis) is 1. The fourth-order valence-electron chi connectivity index (χ4n) is 1.61. The standard InChI is InChI=1S/C16H23NO3/c1-16(2,3)20-15(19)17-14(11-12-18)10-9-13-7-5-4-6-8-13/h4-10,14,18H,11-12H2,1-3H3,(H,17,19)/b10-9+. The smallest absolute Gasteiger partial charge is 0.408 e. The number of ether oxygens (including phenoxy) is 1. The zero-order valence-electron chi connectivity index (χ0n) is 12.3. The highest BCUT2D eigenvalue weighted by atomic mass is 16.6. The number of aliphatic hydroxyl groups is 1. The third-order valence-electron chi connectivity index (χ3n) is 2.46. The molecule has 0 saturated heterocycles. The molecular weight excluding hydrogens is 254 g/mol. The molecule has 1 unspecified atom stereocenters. The van der Waals surface area contributed by atoms with Crippen molar-refractivity contribution in [3.05, 3.63) is 42.0 Å². The molecule has 0 aliphatic heterocycles. The number of hydrogen-bond donors (Lipinski definition) is 2. The molecular formula is C16H23NO3. The van der Waals surface area contributed by atoms with Gasteiger partial charge in [-0.3, -0.25) is 0 Å². The molecule has 0 aliphatic rings. The van der Waals surface area contributed by atoms with Gasteiger partial charge in [0.1, 0.15) is 5.60 Å². The molecule has 1 aromatic rings. The summed E-state index contributed by atoms with van der Waals surface area (Å²) in [6.45, 7) is 5.44. The lowest BCUT2D eigenvalue weighted by Crippen LogP contribution is -2.38. The fraction of sp³-hybridized carbons (Fsp3) is 0.438. The lowest BCUT2D eigenvalue weighted by molar-refractivity contribution is 0.0509. The van der Waals surface area contributed by atoms with Gasteiger partial charge in [-0.15, -0.1) is 0 Å².